The van der Waals surface area contributed by atoms with Gasteiger partial charge in [0.1, 0.15) is 0 Å². The van der Waals surface area contributed by atoms with Gasteiger partial charge in [0.2, 0.25) is 0 Å². The minimum Gasteiger partial charge on any atom is -0.466 e. The summed E-state index contributed by atoms with van der Waals surface area (Å²) in [6.45, 7) is 8.47. The van der Waals surface area contributed by atoms with Gasteiger partial charge in [0.25, 0.3) is 0 Å². The lowest BCUT2D eigenvalue weighted by atomic mass is 9.88. The third-order valence-corrected chi connectivity index (χ3v) is 3.00. The SMILES string of the molecule is CCOC(=O)CC(C)(C)C=CC(Br)CC. The predicted octanol–water partition coefficient (Wildman–Crippen LogP) is 3.70. The van der Waals surface area contributed by atoms with E-state index in [1.165, 1.54) is 0 Å². The maximum absolute atomic E-state index is 11.3. The molecule has 3 heteroatoms. The van der Waals surface area contributed by atoms with Crippen LogP contribution in [0.2, 0.25) is 0 Å². The van der Waals surface area contributed by atoms with Gasteiger partial charge in [-0.2, -0.15) is 0 Å². The monoisotopic (exact) mass is 276 g/mol. The molecule has 0 heterocycles. The second kappa shape index (κ2) is 7.04. The fraction of sp³-hybridized carbons (Fsp3) is 0.750. The standard InChI is InChI=1S/C12H21BrO2/c1-5-10(13)7-8-12(3,4)9-11(14)15-6-2/h7-8,10H,5-6,9H2,1-4H3. The van der Waals surface area contributed by atoms with E-state index in [0.29, 0.717) is 17.9 Å². The van der Waals surface area contributed by atoms with Crippen LogP contribution in [-0.4, -0.2) is 17.4 Å². The molecule has 0 aliphatic rings. The molecule has 0 saturated carbocycles. The highest BCUT2D eigenvalue weighted by atomic mass is 79.9. The van der Waals surface area contributed by atoms with Crippen LogP contribution < -0.4 is 0 Å². The molecule has 0 aromatic carbocycles. The van der Waals surface area contributed by atoms with Crippen LogP contribution in [0.5, 0.6) is 0 Å². The van der Waals surface area contributed by atoms with E-state index in [0.717, 1.165) is 6.42 Å². The molecule has 0 aliphatic carbocycles. The first-order chi connectivity index (χ1) is 6.91. The van der Waals surface area contributed by atoms with Gasteiger partial charge in [0, 0.05) is 4.83 Å². The molecular formula is C12H21BrO2. The van der Waals surface area contributed by atoms with Crippen LogP contribution in [0.3, 0.4) is 0 Å². The van der Waals surface area contributed by atoms with Crippen molar-refractivity contribution >= 4 is 21.9 Å². The first kappa shape index (κ1) is 14.7. The summed E-state index contributed by atoms with van der Waals surface area (Å²) in [5.74, 6) is -0.130. The molecule has 0 radical (unpaired) electrons. The average molecular weight is 277 g/mol. The molecule has 88 valence electrons. The molecule has 15 heavy (non-hydrogen) atoms. The molecule has 0 N–H and O–H groups in total. The summed E-state index contributed by atoms with van der Waals surface area (Å²) in [6, 6.07) is 0. The van der Waals surface area contributed by atoms with Gasteiger partial charge in [-0.3, -0.25) is 4.79 Å². The zero-order chi connectivity index (χ0) is 11.9. The van der Waals surface area contributed by atoms with Crippen molar-refractivity contribution in [3.8, 4) is 0 Å². The summed E-state index contributed by atoms with van der Waals surface area (Å²) >= 11 is 3.52. The Kier molecular flexibility index (Phi) is 6.90. The van der Waals surface area contributed by atoms with E-state index in [4.69, 9.17) is 4.74 Å². The van der Waals surface area contributed by atoms with E-state index in [1.807, 2.05) is 20.8 Å². The molecule has 0 spiro atoms. The lowest BCUT2D eigenvalue weighted by Crippen LogP contribution is -2.17. The number of esters is 1. The molecular weight excluding hydrogens is 256 g/mol. The number of hydrogen-bond donors (Lipinski definition) is 0. The Morgan fingerprint density at radius 1 is 1.47 bits per heavy atom. The topological polar surface area (TPSA) is 26.3 Å². The van der Waals surface area contributed by atoms with E-state index >= 15 is 0 Å². The maximum atomic E-state index is 11.3. The Balaban J connectivity index is 4.17. The van der Waals surface area contributed by atoms with Gasteiger partial charge in [-0.15, -0.1) is 0 Å². The number of rotatable bonds is 6. The van der Waals surface area contributed by atoms with E-state index in [2.05, 4.69) is 35.0 Å². The fourth-order valence-corrected chi connectivity index (χ4v) is 1.30. The third-order valence-electron chi connectivity index (χ3n) is 2.05. The molecule has 0 aromatic heterocycles. The van der Waals surface area contributed by atoms with Gasteiger partial charge in [0.15, 0.2) is 0 Å². The summed E-state index contributed by atoms with van der Waals surface area (Å²) in [4.78, 5) is 11.7. The maximum Gasteiger partial charge on any atom is 0.306 e. The number of allylic oxidation sites excluding steroid dienone is 2. The largest absolute Gasteiger partial charge is 0.466 e. The van der Waals surface area contributed by atoms with Crippen LogP contribution in [0.1, 0.15) is 40.5 Å². The number of alkyl halides is 1. The highest BCUT2D eigenvalue weighted by molar-refractivity contribution is 9.09. The van der Waals surface area contributed by atoms with Gasteiger partial charge < -0.3 is 4.74 Å². The van der Waals surface area contributed by atoms with Gasteiger partial charge in [0.05, 0.1) is 13.0 Å². The van der Waals surface area contributed by atoms with Crippen molar-refractivity contribution in [1.29, 1.82) is 0 Å². The molecule has 2 nitrogen and oxygen atoms in total. The quantitative estimate of drug-likeness (QED) is 0.420. The first-order valence-electron chi connectivity index (χ1n) is 5.40. The van der Waals surface area contributed by atoms with Crippen molar-refractivity contribution in [2.75, 3.05) is 6.61 Å². The van der Waals surface area contributed by atoms with Crippen LogP contribution in [0.25, 0.3) is 0 Å². The highest BCUT2D eigenvalue weighted by Crippen LogP contribution is 2.24. The van der Waals surface area contributed by atoms with Gasteiger partial charge in [-0.05, 0) is 18.8 Å². The number of carbonyl (C=O) groups is 1. The Morgan fingerprint density at radius 2 is 2.07 bits per heavy atom. The second-order valence-corrected chi connectivity index (χ2v) is 5.43. The fourth-order valence-electron chi connectivity index (χ4n) is 1.14. The van der Waals surface area contributed by atoms with Crippen LogP contribution >= 0.6 is 15.9 Å². The Morgan fingerprint density at radius 3 is 2.53 bits per heavy atom. The molecule has 0 aromatic rings. The summed E-state index contributed by atoms with van der Waals surface area (Å²) in [5, 5.41) is 0. The average Bonchev–Trinajstić information content (AvgIpc) is 2.13. The van der Waals surface area contributed by atoms with Gasteiger partial charge >= 0.3 is 5.97 Å². The molecule has 0 amide bonds. The minimum atomic E-state index is -0.132. The molecule has 1 atom stereocenters. The molecule has 0 saturated heterocycles. The highest BCUT2D eigenvalue weighted by Gasteiger charge is 2.19. The lowest BCUT2D eigenvalue weighted by Gasteiger charge is -2.19. The van der Waals surface area contributed by atoms with Crippen LogP contribution in [0.15, 0.2) is 12.2 Å². The molecule has 0 fully saturated rings. The smallest absolute Gasteiger partial charge is 0.306 e. The molecule has 0 bridgehead atoms. The van der Waals surface area contributed by atoms with E-state index < -0.39 is 0 Å². The Hall–Kier alpha value is -0.310. The number of hydrogen-bond acceptors (Lipinski definition) is 2. The minimum absolute atomic E-state index is 0.130. The first-order valence-corrected chi connectivity index (χ1v) is 6.32. The van der Waals surface area contributed by atoms with Crippen molar-refractivity contribution in [2.45, 2.75) is 45.4 Å². The third kappa shape index (κ3) is 7.60. The number of halogens is 1. The van der Waals surface area contributed by atoms with Crippen molar-refractivity contribution in [3.05, 3.63) is 12.2 Å². The normalized spacial score (nSPS) is 14.2. The van der Waals surface area contributed by atoms with E-state index in [-0.39, 0.29) is 11.4 Å². The van der Waals surface area contributed by atoms with E-state index in [9.17, 15) is 4.79 Å². The van der Waals surface area contributed by atoms with Crippen LogP contribution in [0.4, 0.5) is 0 Å². The summed E-state index contributed by atoms with van der Waals surface area (Å²) < 4.78 is 4.93. The summed E-state index contributed by atoms with van der Waals surface area (Å²) in [6.07, 6.45) is 5.65. The van der Waals surface area contributed by atoms with Crippen molar-refractivity contribution in [1.82, 2.24) is 0 Å². The number of carbonyl (C=O) groups excluding carboxylic acids is 1. The molecule has 0 aliphatic heterocycles. The number of ether oxygens (including phenoxy) is 1. The zero-order valence-electron chi connectivity index (χ0n) is 10.0. The summed E-state index contributed by atoms with van der Waals surface area (Å²) in [7, 11) is 0. The van der Waals surface area contributed by atoms with Gasteiger partial charge in [-0.25, -0.2) is 0 Å². The predicted molar refractivity (Wildman–Crippen MR) is 67.2 cm³/mol. The Bertz CT molecular complexity index is 222. The van der Waals surface area contributed by atoms with Crippen LogP contribution in [0, 0.1) is 5.41 Å². The Labute approximate surface area is 101 Å². The summed E-state index contributed by atoms with van der Waals surface area (Å²) in [5.41, 5.74) is -0.132. The van der Waals surface area contributed by atoms with Crippen molar-refractivity contribution in [3.63, 3.8) is 0 Å². The van der Waals surface area contributed by atoms with Crippen molar-refractivity contribution < 1.29 is 9.53 Å². The molecule has 0 rings (SSSR count). The molecule has 1 unspecified atom stereocenters. The van der Waals surface area contributed by atoms with Gasteiger partial charge in [-0.1, -0.05) is 48.9 Å². The zero-order valence-corrected chi connectivity index (χ0v) is 11.6. The van der Waals surface area contributed by atoms with Crippen molar-refractivity contribution in [2.24, 2.45) is 5.41 Å². The van der Waals surface area contributed by atoms with E-state index in [1.54, 1.807) is 0 Å². The second-order valence-electron chi connectivity index (χ2n) is 4.25. The van der Waals surface area contributed by atoms with Crippen LogP contribution in [-0.2, 0) is 9.53 Å². The lowest BCUT2D eigenvalue weighted by molar-refractivity contribution is -0.144.